The van der Waals surface area contributed by atoms with E-state index in [2.05, 4.69) is 5.32 Å². The Labute approximate surface area is 96.5 Å². The summed E-state index contributed by atoms with van der Waals surface area (Å²) in [7, 11) is -0.839. The van der Waals surface area contributed by atoms with Gasteiger partial charge >= 0.3 is 12.0 Å². The number of nitrogens with zero attached hydrogens (tertiary/aromatic N) is 1. The van der Waals surface area contributed by atoms with E-state index >= 15 is 0 Å². The topological polar surface area (TPSA) is 86.7 Å². The molecule has 6 nitrogen and oxygen atoms in total. The van der Waals surface area contributed by atoms with E-state index < -0.39 is 22.8 Å². The molecule has 0 aromatic heterocycles. The average Bonchev–Trinajstić information content (AvgIpc) is 2.26. The Balaban J connectivity index is 2.45. The SMILES string of the molecule is CCC(NC(=O)N1CCS(=O)CC1)C(=O)O. The zero-order valence-electron chi connectivity index (χ0n) is 9.14. The Hall–Kier alpha value is -1.11. The zero-order chi connectivity index (χ0) is 12.1. The van der Waals surface area contributed by atoms with Gasteiger partial charge in [0.25, 0.3) is 0 Å². The molecule has 0 radical (unpaired) electrons. The second-order valence-corrected chi connectivity index (χ2v) is 5.28. The van der Waals surface area contributed by atoms with Crippen LogP contribution in [0.4, 0.5) is 4.79 Å². The van der Waals surface area contributed by atoms with Crippen molar-refractivity contribution in [1.29, 1.82) is 0 Å². The van der Waals surface area contributed by atoms with E-state index in [4.69, 9.17) is 5.11 Å². The highest BCUT2D eigenvalue weighted by Crippen LogP contribution is 2.01. The fraction of sp³-hybridized carbons (Fsp3) is 0.778. The number of carbonyl (C=O) groups is 2. The highest BCUT2D eigenvalue weighted by molar-refractivity contribution is 7.85. The number of hydrogen-bond acceptors (Lipinski definition) is 3. The second kappa shape index (κ2) is 5.83. The highest BCUT2D eigenvalue weighted by atomic mass is 32.2. The zero-order valence-corrected chi connectivity index (χ0v) is 9.96. The van der Waals surface area contributed by atoms with E-state index in [1.165, 1.54) is 4.90 Å². The quantitative estimate of drug-likeness (QED) is 0.713. The molecule has 2 N–H and O–H groups in total. The van der Waals surface area contributed by atoms with Crippen LogP contribution in [-0.4, -0.2) is 56.9 Å². The monoisotopic (exact) mass is 248 g/mol. The number of carbonyl (C=O) groups excluding carboxylic acids is 1. The van der Waals surface area contributed by atoms with Crippen LogP contribution < -0.4 is 5.32 Å². The minimum Gasteiger partial charge on any atom is -0.480 e. The summed E-state index contributed by atoms with van der Waals surface area (Å²) in [6.07, 6.45) is 0.348. The van der Waals surface area contributed by atoms with Gasteiger partial charge < -0.3 is 15.3 Å². The van der Waals surface area contributed by atoms with Crippen LogP contribution in [-0.2, 0) is 15.6 Å². The van der Waals surface area contributed by atoms with Crippen molar-refractivity contribution in [1.82, 2.24) is 10.2 Å². The Bertz CT molecular complexity index is 298. The normalized spacial score (nSPS) is 19.2. The number of nitrogens with one attached hydrogen (secondary N) is 1. The summed E-state index contributed by atoms with van der Waals surface area (Å²) < 4.78 is 11.1. The van der Waals surface area contributed by atoms with Crippen molar-refractivity contribution in [3.63, 3.8) is 0 Å². The van der Waals surface area contributed by atoms with Gasteiger partial charge in [0.2, 0.25) is 0 Å². The summed E-state index contributed by atoms with van der Waals surface area (Å²) in [4.78, 5) is 23.9. The molecule has 1 aliphatic rings. The molecule has 0 aromatic rings. The molecule has 1 rings (SSSR count). The molecule has 0 bridgehead atoms. The lowest BCUT2D eigenvalue weighted by Gasteiger charge is -2.27. The largest absolute Gasteiger partial charge is 0.480 e. The van der Waals surface area contributed by atoms with Gasteiger partial charge in [0.05, 0.1) is 0 Å². The van der Waals surface area contributed by atoms with E-state index in [0.29, 0.717) is 31.0 Å². The van der Waals surface area contributed by atoms with Crippen molar-refractivity contribution in [2.24, 2.45) is 0 Å². The van der Waals surface area contributed by atoms with Crippen LogP contribution in [0.5, 0.6) is 0 Å². The first-order valence-corrected chi connectivity index (χ1v) is 6.66. The summed E-state index contributed by atoms with van der Waals surface area (Å²) >= 11 is 0. The van der Waals surface area contributed by atoms with Gasteiger partial charge in [-0.1, -0.05) is 6.92 Å². The molecular formula is C9H16N2O4S. The van der Waals surface area contributed by atoms with Gasteiger partial charge in [0.1, 0.15) is 6.04 Å². The molecule has 2 amide bonds. The van der Waals surface area contributed by atoms with E-state index in [9.17, 15) is 13.8 Å². The van der Waals surface area contributed by atoms with Gasteiger partial charge in [-0.15, -0.1) is 0 Å². The van der Waals surface area contributed by atoms with Gasteiger partial charge in [0.15, 0.2) is 0 Å². The maximum atomic E-state index is 11.6. The highest BCUT2D eigenvalue weighted by Gasteiger charge is 2.24. The van der Waals surface area contributed by atoms with Gasteiger partial charge in [-0.25, -0.2) is 9.59 Å². The summed E-state index contributed by atoms with van der Waals surface area (Å²) in [6, 6.07) is -1.23. The molecule has 1 heterocycles. The predicted octanol–water partition coefficient (Wildman–Crippen LogP) is -0.376. The molecule has 1 unspecified atom stereocenters. The Morgan fingerprint density at radius 1 is 1.44 bits per heavy atom. The molecule has 16 heavy (non-hydrogen) atoms. The van der Waals surface area contributed by atoms with Crippen molar-refractivity contribution in [3.05, 3.63) is 0 Å². The third-order valence-electron chi connectivity index (χ3n) is 2.47. The Morgan fingerprint density at radius 3 is 2.44 bits per heavy atom. The van der Waals surface area contributed by atoms with Crippen LogP contribution in [0, 0.1) is 0 Å². The van der Waals surface area contributed by atoms with Gasteiger partial charge in [-0.05, 0) is 6.42 Å². The molecule has 1 atom stereocenters. The van der Waals surface area contributed by atoms with Crippen LogP contribution in [0.15, 0.2) is 0 Å². The minimum atomic E-state index is -1.03. The van der Waals surface area contributed by atoms with Crippen LogP contribution in [0.3, 0.4) is 0 Å². The fourth-order valence-corrected chi connectivity index (χ4v) is 2.47. The van der Waals surface area contributed by atoms with Gasteiger partial charge in [-0.3, -0.25) is 4.21 Å². The first-order valence-electron chi connectivity index (χ1n) is 5.17. The van der Waals surface area contributed by atoms with E-state index in [1.54, 1.807) is 6.92 Å². The van der Waals surface area contributed by atoms with Crippen molar-refractivity contribution in [3.8, 4) is 0 Å². The van der Waals surface area contributed by atoms with E-state index in [0.717, 1.165) is 0 Å². The lowest BCUT2D eigenvalue weighted by molar-refractivity contribution is -0.139. The summed E-state index contributed by atoms with van der Waals surface area (Å²) in [5.74, 6) is -0.0920. The van der Waals surface area contributed by atoms with Crippen LogP contribution in [0.2, 0.25) is 0 Å². The molecule has 0 aromatic carbocycles. The van der Waals surface area contributed by atoms with Gasteiger partial charge in [0, 0.05) is 35.4 Å². The summed E-state index contributed by atoms with van der Waals surface area (Å²) in [6.45, 7) is 2.55. The number of amides is 2. The van der Waals surface area contributed by atoms with Gasteiger partial charge in [-0.2, -0.15) is 0 Å². The number of carboxylic acids is 1. The van der Waals surface area contributed by atoms with Crippen LogP contribution in [0.25, 0.3) is 0 Å². The van der Waals surface area contributed by atoms with E-state index in [1.807, 2.05) is 0 Å². The number of aliphatic carboxylic acids is 1. The molecule has 0 saturated carbocycles. The van der Waals surface area contributed by atoms with Crippen LogP contribution >= 0.6 is 0 Å². The van der Waals surface area contributed by atoms with Crippen molar-refractivity contribution >= 4 is 22.8 Å². The minimum absolute atomic E-state index is 0.348. The van der Waals surface area contributed by atoms with Crippen molar-refractivity contribution in [2.75, 3.05) is 24.6 Å². The van der Waals surface area contributed by atoms with Crippen molar-refractivity contribution in [2.45, 2.75) is 19.4 Å². The maximum Gasteiger partial charge on any atom is 0.326 e. The van der Waals surface area contributed by atoms with Crippen LogP contribution in [0.1, 0.15) is 13.3 Å². The fourth-order valence-electron chi connectivity index (χ4n) is 1.42. The third-order valence-corrected chi connectivity index (χ3v) is 3.74. The molecule has 92 valence electrons. The molecule has 7 heteroatoms. The first kappa shape index (κ1) is 13.0. The van der Waals surface area contributed by atoms with E-state index in [-0.39, 0.29) is 6.03 Å². The lowest BCUT2D eigenvalue weighted by Crippen LogP contribution is -2.51. The van der Waals surface area contributed by atoms with Crippen molar-refractivity contribution < 1.29 is 18.9 Å². The lowest BCUT2D eigenvalue weighted by atomic mass is 10.2. The average molecular weight is 248 g/mol. The number of rotatable bonds is 3. The molecule has 0 aliphatic carbocycles. The number of hydrogen-bond donors (Lipinski definition) is 2. The molecule has 1 saturated heterocycles. The predicted molar refractivity (Wildman–Crippen MR) is 59.7 cm³/mol. The molecule has 0 spiro atoms. The summed E-state index contributed by atoms with van der Waals surface area (Å²) in [5, 5.41) is 11.2. The summed E-state index contributed by atoms with van der Waals surface area (Å²) in [5.41, 5.74) is 0. The maximum absolute atomic E-state index is 11.6. The standard InChI is InChI=1S/C9H16N2O4S/c1-2-7(8(12)13)10-9(14)11-3-5-16(15)6-4-11/h7H,2-6H2,1H3,(H,10,14)(H,12,13). The smallest absolute Gasteiger partial charge is 0.326 e. The number of urea groups is 1. The second-order valence-electron chi connectivity index (χ2n) is 3.58. The Kier molecular flexibility index (Phi) is 4.72. The number of carboxylic acid groups (broad SMARTS) is 1. The third kappa shape index (κ3) is 3.48. The Morgan fingerprint density at radius 2 is 2.00 bits per heavy atom. The first-order chi connectivity index (χ1) is 7.54. The molecule has 1 fully saturated rings. The molecular weight excluding hydrogens is 232 g/mol. The molecule has 1 aliphatic heterocycles.